The Morgan fingerprint density at radius 2 is 1.59 bits per heavy atom. The maximum absolute atomic E-state index is 13.9. The van der Waals surface area contributed by atoms with Crippen LogP contribution in [-0.4, -0.2) is 57.1 Å². The van der Waals surface area contributed by atoms with Crippen molar-refractivity contribution in [3.63, 3.8) is 0 Å². The first-order valence-corrected chi connectivity index (χ1v) is 14.6. The molecule has 0 fully saturated rings. The number of nitrogens with one attached hydrogen (secondary N) is 1. The van der Waals surface area contributed by atoms with Crippen molar-refractivity contribution in [3.8, 4) is 5.75 Å². The van der Waals surface area contributed by atoms with Gasteiger partial charge in [-0.1, -0.05) is 58.0 Å². The van der Waals surface area contributed by atoms with Crippen LogP contribution in [0.1, 0.15) is 64.5 Å². The molecule has 0 aliphatic carbocycles. The van der Waals surface area contributed by atoms with Crippen molar-refractivity contribution >= 4 is 27.5 Å². The zero-order valence-electron chi connectivity index (χ0n) is 23.0. The molecule has 0 aromatic heterocycles. The van der Waals surface area contributed by atoms with Gasteiger partial charge >= 0.3 is 0 Å². The van der Waals surface area contributed by atoms with Crippen molar-refractivity contribution in [1.29, 1.82) is 0 Å². The molecule has 0 saturated carbocycles. The number of hydrogen-bond acceptors (Lipinski definition) is 5. The summed E-state index contributed by atoms with van der Waals surface area (Å²) < 4.78 is 32.2. The third-order valence-electron chi connectivity index (χ3n) is 6.41. The smallest absolute Gasteiger partial charge is 0.244 e. The van der Waals surface area contributed by atoms with Crippen LogP contribution in [0.3, 0.4) is 0 Å². The zero-order valence-corrected chi connectivity index (χ0v) is 23.8. The van der Waals surface area contributed by atoms with Crippen molar-refractivity contribution in [2.75, 3.05) is 24.2 Å². The normalized spacial score (nSPS) is 13.1. The molecule has 2 aromatic rings. The van der Waals surface area contributed by atoms with Gasteiger partial charge in [0, 0.05) is 12.6 Å². The molecule has 0 heterocycles. The molecule has 204 valence electrons. The molecule has 0 aliphatic heterocycles. The van der Waals surface area contributed by atoms with Gasteiger partial charge in [0.05, 0.1) is 19.1 Å². The van der Waals surface area contributed by atoms with E-state index in [1.54, 1.807) is 31.4 Å². The number of ether oxygens (including phenoxy) is 1. The SMILES string of the molecule is CC[C@H](C(=O)N[C@@H](C)CC)N(Cc1ccc(OC)cc1)C(=O)CN(c1ccccc1C(C)C)S(C)(=O)=O. The van der Waals surface area contributed by atoms with Gasteiger partial charge in [0.2, 0.25) is 21.8 Å². The topological polar surface area (TPSA) is 96.0 Å². The summed E-state index contributed by atoms with van der Waals surface area (Å²) in [6, 6.07) is 13.6. The van der Waals surface area contributed by atoms with E-state index in [-0.39, 0.29) is 24.4 Å². The van der Waals surface area contributed by atoms with E-state index in [0.29, 0.717) is 17.9 Å². The van der Waals surface area contributed by atoms with Crippen molar-refractivity contribution in [2.24, 2.45) is 0 Å². The Labute approximate surface area is 222 Å². The zero-order chi connectivity index (χ0) is 27.8. The van der Waals surface area contributed by atoms with E-state index in [0.717, 1.165) is 28.1 Å². The van der Waals surface area contributed by atoms with Crippen LogP contribution in [0.4, 0.5) is 5.69 Å². The number of anilines is 1. The van der Waals surface area contributed by atoms with Crippen molar-refractivity contribution < 1.29 is 22.7 Å². The van der Waals surface area contributed by atoms with Gasteiger partial charge in [-0.3, -0.25) is 13.9 Å². The molecule has 2 aromatic carbocycles. The van der Waals surface area contributed by atoms with Gasteiger partial charge in [-0.05, 0) is 55.0 Å². The summed E-state index contributed by atoms with van der Waals surface area (Å²) in [6.07, 6.45) is 2.23. The first kappa shape index (κ1) is 30.2. The van der Waals surface area contributed by atoms with E-state index in [1.165, 1.54) is 4.90 Å². The summed E-state index contributed by atoms with van der Waals surface area (Å²) in [7, 11) is -2.22. The number of benzene rings is 2. The number of carbonyl (C=O) groups is 2. The van der Waals surface area contributed by atoms with Gasteiger partial charge in [-0.2, -0.15) is 0 Å². The standard InChI is InChI=1S/C28H41N3O5S/c1-8-21(5)29-28(33)25(9-2)30(18-22-14-16-23(36-6)17-15-22)27(32)19-31(37(7,34)35)26-13-11-10-12-24(26)20(3)4/h10-17,20-21,25H,8-9,18-19H2,1-7H3,(H,29,33)/t21-,25+/m0/s1. The van der Waals surface area contributed by atoms with Crippen LogP contribution in [0.2, 0.25) is 0 Å². The molecule has 8 nitrogen and oxygen atoms in total. The molecular formula is C28H41N3O5S. The lowest BCUT2D eigenvalue weighted by Gasteiger charge is -2.34. The van der Waals surface area contributed by atoms with Crippen LogP contribution < -0.4 is 14.4 Å². The lowest BCUT2D eigenvalue weighted by molar-refractivity contribution is -0.140. The lowest BCUT2D eigenvalue weighted by Crippen LogP contribution is -2.53. The van der Waals surface area contributed by atoms with Crippen LogP contribution in [0.5, 0.6) is 5.75 Å². The molecule has 0 saturated heterocycles. The van der Waals surface area contributed by atoms with E-state index < -0.39 is 28.5 Å². The third kappa shape index (κ3) is 8.21. The molecule has 0 unspecified atom stereocenters. The molecule has 0 radical (unpaired) electrons. The first-order chi connectivity index (χ1) is 17.4. The average Bonchev–Trinajstić information content (AvgIpc) is 2.86. The molecule has 2 atom stereocenters. The predicted molar refractivity (Wildman–Crippen MR) is 148 cm³/mol. The van der Waals surface area contributed by atoms with Gasteiger partial charge < -0.3 is 15.0 Å². The highest BCUT2D eigenvalue weighted by Crippen LogP contribution is 2.29. The van der Waals surface area contributed by atoms with Gasteiger partial charge in [0.15, 0.2) is 0 Å². The van der Waals surface area contributed by atoms with E-state index in [2.05, 4.69) is 5.32 Å². The van der Waals surface area contributed by atoms with E-state index in [9.17, 15) is 18.0 Å². The van der Waals surface area contributed by atoms with Crippen molar-refractivity contribution in [1.82, 2.24) is 10.2 Å². The molecule has 9 heteroatoms. The fourth-order valence-corrected chi connectivity index (χ4v) is 4.95. The van der Waals surface area contributed by atoms with Gasteiger partial charge in [-0.15, -0.1) is 0 Å². The van der Waals surface area contributed by atoms with Crippen LogP contribution >= 0.6 is 0 Å². The summed E-state index contributed by atoms with van der Waals surface area (Å²) in [5.41, 5.74) is 2.09. The predicted octanol–water partition coefficient (Wildman–Crippen LogP) is 4.31. The second-order valence-electron chi connectivity index (χ2n) is 9.59. The minimum atomic E-state index is -3.79. The summed E-state index contributed by atoms with van der Waals surface area (Å²) in [4.78, 5) is 28.6. The molecule has 2 rings (SSSR count). The van der Waals surface area contributed by atoms with Gasteiger partial charge in [0.1, 0.15) is 18.3 Å². The van der Waals surface area contributed by atoms with E-state index in [4.69, 9.17) is 4.74 Å². The second kappa shape index (κ2) is 13.5. The highest BCUT2D eigenvalue weighted by atomic mass is 32.2. The van der Waals surface area contributed by atoms with E-state index >= 15 is 0 Å². The van der Waals surface area contributed by atoms with Crippen LogP contribution in [0.15, 0.2) is 48.5 Å². The highest BCUT2D eigenvalue weighted by molar-refractivity contribution is 7.92. The van der Waals surface area contributed by atoms with Crippen LogP contribution in [0.25, 0.3) is 0 Å². The quantitative estimate of drug-likeness (QED) is 0.416. The Hall–Kier alpha value is -3.07. The Kier molecular flexibility index (Phi) is 11.0. The number of carbonyl (C=O) groups excluding carboxylic acids is 2. The number of rotatable bonds is 13. The largest absolute Gasteiger partial charge is 0.497 e. The molecule has 0 aliphatic rings. The Balaban J connectivity index is 2.50. The number of hydrogen-bond donors (Lipinski definition) is 1. The number of amides is 2. The maximum atomic E-state index is 13.9. The molecule has 0 bridgehead atoms. The third-order valence-corrected chi connectivity index (χ3v) is 7.53. The van der Waals surface area contributed by atoms with Crippen molar-refractivity contribution in [3.05, 3.63) is 59.7 Å². The van der Waals surface area contributed by atoms with Crippen molar-refractivity contribution in [2.45, 2.75) is 72.0 Å². The summed E-state index contributed by atoms with van der Waals surface area (Å²) in [5.74, 6) is 0.0190. The maximum Gasteiger partial charge on any atom is 0.244 e. The fraction of sp³-hybridized carbons (Fsp3) is 0.500. The first-order valence-electron chi connectivity index (χ1n) is 12.7. The highest BCUT2D eigenvalue weighted by Gasteiger charge is 2.32. The summed E-state index contributed by atoms with van der Waals surface area (Å²) >= 11 is 0. The molecule has 1 N–H and O–H groups in total. The number of methoxy groups -OCH3 is 1. The number of para-hydroxylation sites is 1. The Morgan fingerprint density at radius 1 is 0.973 bits per heavy atom. The monoisotopic (exact) mass is 531 g/mol. The second-order valence-corrected chi connectivity index (χ2v) is 11.5. The minimum Gasteiger partial charge on any atom is -0.497 e. The summed E-state index contributed by atoms with van der Waals surface area (Å²) in [6.45, 7) is 9.42. The van der Waals surface area contributed by atoms with Gasteiger partial charge in [0.25, 0.3) is 0 Å². The Morgan fingerprint density at radius 3 is 2.11 bits per heavy atom. The molecular weight excluding hydrogens is 490 g/mol. The number of nitrogens with zero attached hydrogens (tertiary/aromatic N) is 2. The lowest BCUT2D eigenvalue weighted by atomic mass is 10.0. The average molecular weight is 532 g/mol. The van der Waals surface area contributed by atoms with Crippen LogP contribution in [0, 0.1) is 0 Å². The number of sulfonamides is 1. The Bertz CT molecular complexity index is 1150. The minimum absolute atomic E-state index is 0.0510. The van der Waals surface area contributed by atoms with Gasteiger partial charge in [-0.25, -0.2) is 8.42 Å². The molecule has 2 amide bonds. The molecule has 37 heavy (non-hydrogen) atoms. The molecule has 0 spiro atoms. The summed E-state index contributed by atoms with van der Waals surface area (Å²) in [5, 5.41) is 2.97. The van der Waals surface area contributed by atoms with E-state index in [1.807, 2.05) is 58.9 Å². The fourth-order valence-electron chi connectivity index (χ4n) is 4.09. The van der Waals surface area contributed by atoms with Crippen LogP contribution in [-0.2, 0) is 26.2 Å².